The molecule has 0 bridgehead atoms. The number of phenols is 3. The number of hydrogen-bond donors (Lipinski definition) is 13. The van der Waals surface area contributed by atoms with E-state index in [1.54, 1.807) is 0 Å². The van der Waals surface area contributed by atoms with Crippen molar-refractivity contribution in [1.29, 1.82) is 0 Å². The van der Waals surface area contributed by atoms with Crippen LogP contribution in [0.15, 0.2) is 183 Å². The molecule has 38 nitrogen and oxygen atoms in total. The van der Waals surface area contributed by atoms with Gasteiger partial charge in [0, 0.05) is 31.8 Å². The molecule has 0 atom stereocenters. The fraction of sp³-hybridized carbons (Fsp3) is 0. The number of carbonyl (C=O) groups is 1. The Bertz CT molecular complexity index is 5380. The zero-order chi connectivity index (χ0) is 67.9. The van der Waals surface area contributed by atoms with Crippen molar-refractivity contribution in [2.45, 2.75) is 39.2 Å². The third kappa shape index (κ3) is 14.6. The Morgan fingerprint density at radius 2 is 0.860 bits per heavy atom. The van der Waals surface area contributed by atoms with Crippen molar-refractivity contribution in [3.05, 3.63) is 109 Å². The van der Waals surface area contributed by atoms with Crippen LogP contribution in [0.1, 0.15) is 10.4 Å². The summed E-state index contributed by atoms with van der Waals surface area (Å²) in [6.45, 7) is 0. The Kier molecular flexibility index (Phi) is 19.8. The van der Waals surface area contributed by atoms with Gasteiger partial charge < -0.3 is 26.2 Å². The maximum Gasteiger partial charge on any atom is 0.338 e. The predicted octanol–water partition coefficient (Wildman–Crippen LogP) is 11.9. The van der Waals surface area contributed by atoms with E-state index < -0.39 is 170 Å². The number of carboxylic acids is 1. The smallest absolute Gasteiger partial charge is 0.338 e. The molecule has 0 spiro atoms. The predicted molar refractivity (Wildman–Crippen MR) is 316 cm³/mol. The highest BCUT2D eigenvalue weighted by Crippen LogP contribution is 2.52. The summed E-state index contributed by atoms with van der Waals surface area (Å²) in [6.07, 6.45) is 0. The van der Waals surface area contributed by atoms with Crippen LogP contribution >= 0.6 is 36.1 Å². The third-order valence-corrected chi connectivity index (χ3v) is 18.8. The molecule has 486 valence electrons. The number of nitrogens with two attached hydrogens (primary N) is 1. The molecule has 0 saturated carbocycles. The molecule has 0 aromatic heterocycles. The minimum absolute atomic E-state index is 0.0257. The topological polar surface area (TPSA) is 611 Å². The van der Waals surface area contributed by atoms with Gasteiger partial charge in [-0.25, -0.2) is 20.6 Å². The van der Waals surface area contributed by atoms with Gasteiger partial charge in [0.2, 0.25) is 0 Å². The quantitative estimate of drug-likeness (QED) is 0.00706. The summed E-state index contributed by atoms with van der Waals surface area (Å²) in [5.41, 5.74) is -1.03. The van der Waals surface area contributed by atoms with Crippen LogP contribution in [0.4, 0.5) is 51.2 Å². The molecule has 46 heteroatoms. The number of carboxylic acid groups (broad SMARTS) is 1. The molecule has 0 fully saturated rings. The highest BCUT2D eigenvalue weighted by atomic mass is 32.2. The van der Waals surface area contributed by atoms with E-state index in [-0.39, 0.29) is 66.8 Å². The molecule has 9 rings (SSSR count). The highest BCUT2D eigenvalue weighted by molar-refractivity contribution is 7.95. The normalized spacial score (nSPS) is 13.0. The first-order valence-electron chi connectivity index (χ1n) is 23.8. The second-order valence-corrected chi connectivity index (χ2v) is 27.2. The van der Waals surface area contributed by atoms with Crippen LogP contribution in [-0.4, -0.2) is 107 Å². The fourth-order valence-electron chi connectivity index (χ4n) is 8.68. The standard InChI is InChI=1S/C47H31N9O29S8/c48-40-31(53-52-30-15-24-19(11-36(30)91(71,72)73)10-33(88-85-82-64)41(44(24)57)54-50-28-6-5-20(86-83-80-62)13-25(28)47(60)61)17-35(90(68,69)70)26-16-38(93(77,78)79)43(46(59)39(26)40)56-51-29-14-23-18(9-32(29)87-84-81-63)12-37(92(74,75)76)42(45(23)58)55-49-27-7-8-34(89(65,66)67)22-4-2-1-3-21(22)27/h1-17,57-59,62-64H,48H2,(H,60,61)(H,65,66,67)(H,68,69,70)(H,71,72,73)(H,74,75,76)(H,77,78,79). The average molecular weight is 1440 g/mol. The van der Waals surface area contributed by atoms with E-state index in [1.165, 1.54) is 30.3 Å². The second-order valence-electron chi connectivity index (χ2n) is 18.0. The van der Waals surface area contributed by atoms with E-state index in [1.807, 2.05) is 0 Å². The van der Waals surface area contributed by atoms with Crippen molar-refractivity contribution in [3.63, 3.8) is 0 Å². The van der Waals surface area contributed by atoms with Crippen molar-refractivity contribution in [2.24, 2.45) is 40.9 Å². The van der Waals surface area contributed by atoms with Crippen LogP contribution in [0.25, 0.3) is 43.1 Å². The Morgan fingerprint density at radius 1 is 0.398 bits per heavy atom. The molecule has 14 N–H and O–H groups in total. The van der Waals surface area contributed by atoms with Gasteiger partial charge in [0.25, 0.3) is 50.6 Å². The van der Waals surface area contributed by atoms with Crippen LogP contribution in [-0.2, 0) is 78.7 Å². The molecule has 0 heterocycles. The van der Waals surface area contributed by atoms with Gasteiger partial charge in [-0.15, -0.1) is 53.9 Å². The van der Waals surface area contributed by atoms with Gasteiger partial charge in [-0.3, -0.25) is 22.8 Å². The number of anilines is 1. The highest BCUT2D eigenvalue weighted by Gasteiger charge is 2.31. The molecule has 0 aliphatic rings. The zero-order valence-electron chi connectivity index (χ0n) is 44.5. The molecular formula is C47H31N9O29S8. The molecule has 9 aromatic carbocycles. The lowest BCUT2D eigenvalue weighted by Crippen LogP contribution is -2.04. The summed E-state index contributed by atoms with van der Waals surface area (Å²) in [7, 11) is -27.0. The lowest BCUT2D eigenvalue weighted by molar-refractivity contribution is -0.432. The van der Waals surface area contributed by atoms with Crippen LogP contribution in [0.5, 0.6) is 17.2 Å². The fourth-order valence-corrected chi connectivity index (χ4v) is 13.4. The van der Waals surface area contributed by atoms with Crippen molar-refractivity contribution < 1.29 is 134 Å². The van der Waals surface area contributed by atoms with Crippen LogP contribution in [0.2, 0.25) is 0 Å². The lowest BCUT2D eigenvalue weighted by Gasteiger charge is -2.15. The van der Waals surface area contributed by atoms with Gasteiger partial charge in [0.15, 0.2) is 17.2 Å². The number of nitrogens with zero attached hydrogens (tertiary/aromatic N) is 8. The number of rotatable bonds is 23. The maximum absolute atomic E-state index is 13.1. The Hall–Kier alpha value is -8.67. The minimum Gasteiger partial charge on any atom is -0.505 e. The molecule has 0 amide bonds. The molecular weight excluding hydrogens is 1410 g/mol. The minimum atomic E-state index is -5.73. The average Bonchev–Trinajstić information content (AvgIpc) is 0.750. The van der Waals surface area contributed by atoms with Crippen LogP contribution in [0.3, 0.4) is 0 Å². The molecule has 0 saturated heterocycles. The van der Waals surface area contributed by atoms with Crippen molar-refractivity contribution in [3.8, 4) is 17.2 Å². The van der Waals surface area contributed by atoms with Gasteiger partial charge in [0.1, 0.15) is 64.3 Å². The Labute approximate surface area is 529 Å². The Balaban J connectivity index is 1.20. The first kappa shape index (κ1) is 68.7. The number of aromatic hydroxyl groups is 3. The number of azo groups is 4. The van der Waals surface area contributed by atoms with Crippen LogP contribution in [0, 0.1) is 0 Å². The van der Waals surface area contributed by atoms with E-state index in [2.05, 4.69) is 69.0 Å². The van der Waals surface area contributed by atoms with Gasteiger partial charge >= 0.3 is 5.97 Å². The maximum atomic E-state index is 13.1. The molecule has 0 radical (unpaired) electrons. The second kappa shape index (κ2) is 26.7. The van der Waals surface area contributed by atoms with Crippen LogP contribution < -0.4 is 5.73 Å². The van der Waals surface area contributed by atoms with E-state index in [9.17, 15) is 90.1 Å². The van der Waals surface area contributed by atoms with Crippen molar-refractivity contribution >= 4 is 187 Å². The number of aromatic carboxylic acids is 1. The molecule has 0 unspecified atom stereocenters. The number of benzene rings is 9. The number of nitrogen functional groups attached to an aromatic ring is 1. The lowest BCUT2D eigenvalue weighted by atomic mass is 10.0. The first-order valence-corrected chi connectivity index (χ1v) is 33.3. The summed E-state index contributed by atoms with van der Waals surface area (Å²) in [5.74, 6) is -5.14. The first-order chi connectivity index (χ1) is 43.7. The van der Waals surface area contributed by atoms with E-state index in [0.29, 0.717) is 30.2 Å². The third-order valence-electron chi connectivity index (χ3n) is 12.5. The molecule has 9 aromatic rings. The van der Waals surface area contributed by atoms with E-state index in [0.717, 1.165) is 54.6 Å². The van der Waals surface area contributed by atoms with Crippen molar-refractivity contribution in [1.82, 2.24) is 0 Å². The summed E-state index contributed by atoms with van der Waals surface area (Å²) in [5, 5.41) is 110. The summed E-state index contributed by atoms with van der Waals surface area (Å²) < 4.78 is 193. The van der Waals surface area contributed by atoms with Gasteiger partial charge in [0.05, 0.1) is 68.2 Å². The summed E-state index contributed by atoms with van der Waals surface area (Å²) in [6, 6.07) is 16.5. The summed E-state index contributed by atoms with van der Waals surface area (Å²) >= 11 is 0.568. The van der Waals surface area contributed by atoms with Crippen molar-refractivity contribution in [2.75, 3.05) is 5.73 Å². The molecule has 0 aliphatic carbocycles. The number of phenolic OH excluding ortho intramolecular Hbond substituents is 3. The molecule has 0 aliphatic heterocycles. The molecule has 93 heavy (non-hydrogen) atoms. The SMILES string of the molecule is Nc1c(N=Nc2cc3c(O)c(N=Nc4ccc(SOOO)cc4C(=O)O)c(SOOO)cc3cc2S(=O)(=O)O)cc(S(=O)(=O)O)c2cc(S(=O)(=O)O)c(N=Nc3cc4c(O)c(N=Nc5ccc(S(=O)(=O)O)c6ccccc56)c(S(=O)(=O)O)cc4cc3SOOO)c(O)c12. The van der Waals surface area contributed by atoms with E-state index >= 15 is 0 Å². The van der Waals surface area contributed by atoms with Gasteiger partial charge in [-0.1, -0.05) is 39.4 Å². The monoisotopic (exact) mass is 1440 g/mol. The van der Waals surface area contributed by atoms with Gasteiger partial charge in [-0.2, -0.15) is 42.1 Å². The van der Waals surface area contributed by atoms with Gasteiger partial charge in [-0.05, 0) is 89.6 Å². The number of fused-ring (bicyclic) bond motifs is 4. The van der Waals surface area contributed by atoms with E-state index in [4.69, 9.17) is 21.5 Å². The largest absolute Gasteiger partial charge is 0.505 e. The Morgan fingerprint density at radius 3 is 1.45 bits per heavy atom. The summed E-state index contributed by atoms with van der Waals surface area (Å²) in [4.78, 5) is 5.81. The number of hydrogen-bond acceptors (Lipinski definition) is 35. The zero-order valence-corrected chi connectivity index (χ0v) is 51.1.